The van der Waals surface area contributed by atoms with Crippen LogP contribution in [0.4, 0.5) is 17.6 Å². The molecular formula is C13H7BrF4S. The summed E-state index contributed by atoms with van der Waals surface area (Å²) in [6, 6.07) is 5.32. The zero-order valence-corrected chi connectivity index (χ0v) is 11.8. The van der Waals surface area contributed by atoms with Gasteiger partial charge in [0.25, 0.3) is 0 Å². The number of rotatable bonds is 3. The van der Waals surface area contributed by atoms with Crippen LogP contribution in [0.3, 0.4) is 0 Å². The van der Waals surface area contributed by atoms with Crippen LogP contribution in [0.5, 0.6) is 0 Å². The molecule has 0 amide bonds. The van der Waals surface area contributed by atoms with E-state index in [1.165, 1.54) is 6.07 Å². The van der Waals surface area contributed by atoms with Gasteiger partial charge in [-0.05, 0) is 46.3 Å². The topological polar surface area (TPSA) is 0 Å². The average molecular weight is 351 g/mol. The first-order valence-electron chi connectivity index (χ1n) is 5.19. The molecule has 2 rings (SSSR count). The predicted octanol–water partition coefficient (Wildman–Crippen LogP) is 5.30. The predicted molar refractivity (Wildman–Crippen MR) is 70.0 cm³/mol. The van der Waals surface area contributed by atoms with Crippen molar-refractivity contribution in [3.05, 3.63) is 63.6 Å². The van der Waals surface area contributed by atoms with E-state index >= 15 is 0 Å². The molecule has 0 spiro atoms. The van der Waals surface area contributed by atoms with Gasteiger partial charge in [-0.15, -0.1) is 11.8 Å². The van der Waals surface area contributed by atoms with Gasteiger partial charge in [0, 0.05) is 16.2 Å². The highest BCUT2D eigenvalue weighted by Crippen LogP contribution is 2.30. The Bertz CT molecular complexity index is 616. The number of hydrogen-bond donors (Lipinski definition) is 0. The number of thioether (sulfide) groups is 1. The van der Waals surface area contributed by atoms with Crippen LogP contribution >= 0.6 is 27.7 Å². The summed E-state index contributed by atoms with van der Waals surface area (Å²) in [6.07, 6.45) is 0. The minimum Gasteiger partial charge on any atom is -0.207 e. The first-order chi connectivity index (χ1) is 8.99. The zero-order chi connectivity index (χ0) is 14.0. The van der Waals surface area contributed by atoms with Crippen LogP contribution in [0, 0.1) is 23.3 Å². The van der Waals surface area contributed by atoms with Crippen molar-refractivity contribution in [1.29, 1.82) is 0 Å². The molecule has 2 aromatic carbocycles. The van der Waals surface area contributed by atoms with E-state index in [1.807, 2.05) is 0 Å². The molecule has 0 aliphatic carbocycles. The largest absolute Gasteiger partial charge is 0.207 e. The van der Waals surface area contributed by atoms with Gasteiger partial charge in [-0.25, -0.2) is 17.6 Å². The van der Waals surface area contributed by atoms with E-state index in [-0.39, 0.29) is 20.7 Å². The van der Waals surface area contributed by atoms with Crippen LogP contribution in [0.1, 0.15) is 5.56 Å². The normalized spacial score (nSPS) is 10.8. The van der Waals surface area contributed by atoms with Crippen molar-refractivity contribution >= 4 is 27.7 Å². The smallest absolute Gasteiger partial charge is 0.144 e. The van der Waals surface area contributed by atoms with Gasteiger partial charge in [-0.2, -0.15) is 0 Å². The Morgan fingerprint density at radius 1 is 0.947 bits per heavy atom. The SMILES string of the molecule is Fc1ccc(F)c(SCc2c(F)ccc(Br)c2F)c1. The first-order valence-corrected chi connectivity index (χ1v) is 6.97. The second kappa shape index (κ2) is 5.96. The van der Waals surface area contributed by atoms with E-state index in [9.17, 15) is 17.6 Å². The maximum Gasteiger partial charge on any atom is 0.144 e. The molecule has 19 heavy (non-hydrogen) atoms. The molecule has 0 aliphatic heterocycles. The van der Waals surface area contributed by atoms with Crippen LogP contribution in [-0.2, 0) is 5.75 Å². The van der Waals surface area contributed by atoms with E-state index in [0.717, 1.165) is 36.0 Å². The summed E-state index contributed by atoms with van der Waals surface area (Å²) < 4.78 is 53.6. The van der Waals surface area contributed by atoms with Gasteiger partial charge in [0.1, 0.15) is 23.3 Å². The molecule has 6 heteroatoms. The van der Waals surface area contributed by atoms with Gasteiger partial charge in [-0.3, -0.25) is 0 Å². The summed E-state index contributed by atoms with van der Waals surface area (Å²) in [5.74, 6) is -2.80. The Kier molecular flexibility index (Phi) is 4.52. The highest BCUT2D eigenvalue weighted by molar-refractivity contribution is 9.10. The fourth-order valence-corrected chi connectivity index (χ4v) is 2.78. The van der Waals surface area contributed by atoms with Crippen molar-refractivity contribution < 1.29 is 17.6 Å². The van der Waals surface area contributed by atoms with Gasteiger partial charge in [0.2, 0.25) is 0 Å². The molecule has 0 fully saturated rings. The second-order valence-corrected chi connectivity index (χ2v) is 5.56. The fraction of sp³-hybridized carbons (Fsp3) is 0.0769. The molecule has 0 saturated heterocycles. The third-order valence-corrected chi connectivity index (χ3v) is 4.07. The number of benzene rings is 2. The molecule has 0 unspecified atom stereocenters. The van der Waals surface area contributed by atoms with Gasteiger partial charge >= 0.3 is 0 Å². The lowest BCUT2D eigenvalue weighted by Crippen LogP contribution is -1.95. The minimum atomic E-state index is -0.732. The van der Waals surface area contributed by atoms with Gasteiger partial charge in [0.05, 0.1) is 4.47 Å². The Morgan fingerprint density at radius 2 is 1.63 bits per heavy atom. The lowest BCUT2D eigenvalue weighted by molar-refractivity contribution is 0.561. The zero-order valence-electron chi connectivity index (χ0n) is 9.39. The maximum absolute atomic E-state index is 13.7. The molecule has 0 radical (unpaired) electrons. The molecule has 0 nitrogen and oxygen atoms in total. The van der Waals surface area contributed by atoms with Crippen molar-refractivity contribution in [1.82, 2.24) is 0 Å². The summed E-state index contributed by atoms with van der Waals surface area (Å²) >= 11 is 3.78. The lowest BCUT2D eigenvalue weighted by atomic mass is 10.2. The first kappa shape index (κ1) is 14.4. The van der Waals surface area contributed by atoms with Crippen LogP contribution in [0.2, 0.25) is 0 Å². The van der Waals surface area contributed by atoms with Crippen molar-refractivity contribution in [3.8, 4) is 0 Å². The van der Waals surface area contributed by atoms with Crippen LogP contribution in [0.25, 0.3) is 0 Å². The summed E-state index contributed by atoms with van der Waals surface area (Å²) in [4.78, 5) is 0.0128. The summed E-state index contributed by atoms with van der Waals surface area (Å²) in [5, 5.41) is 0. The standard InChI is InChI=1S/C13H7BrF4S/c14-9-2-4-10(16)8(13(9)18)6-19-12-5-7(15)1-3-11(12)17/h1-5H,6H2. The number of hydrogen-bond acceptors (Lipinski definition) is 1. The molecule has 0 saturated carbocycles. The third kappa shape index (κ3) is 3.30. The highest BCUT2D eigenvalue weighted by Gasteiger charge is 2.14. The molecular weight excluding hydrogens is 344 g/mol. The number of halogens is 5. The molecule has 0 aliphatic rings. The third-order valence-electron chi connectivity index (χ3n) is 2.40. The van der Waals surface area contributed by atoms with Crippen molar-refractivity contribution in [2.45, 2.75) is 10.6 Å². The van der Waals surface area contributed by atoms with Gasteiger partial charge < -0.3 is 0 Å². The summed E-state index contributed by atoms with van der Waals surface area (Å²) in [5.41, 5.74) is -0.178. The van der Waals surface area contributed by atoms with Crippen molar-refractivity contribution in [3.63, 3.8) is 0 Å². The molecule has 2 aromatic rings. The van der Waals surface area contributed by atoms with Crippen molar-refractivity contribution in [2.75, 3.05) is 0 Å². The quantitative estimate of drug-likeness (QED) is 0.411. The minimum absolute atomic E-state index is 0.0128. The Balaban J connectivity index is 2.24. The second-order valence-electron chi connectivity index (χ2n) is 3.69. The van der Waals surface area contributed by atoms with Gasteiger partial charge in [-0.1, -0.05) is 0 Å². The fourth-order valence-electron chi connectivity index (χ4n) is 1.44. The summed E-state index contributed by atoms with van der Waals surface area (Å²) in [7, 11) is 0. The molecule has 0 aromatic heterocycles. The van der Waals surface area contributed by atoms with E-state index in [4.69, 9.17) is 0 Å². The van der Waals surface area contributed by atoms with E-state index < -0.39 is 23.3 Å². The molecule has 0 N–H and O–H groups in total. The molecule has 100 valence electrons. The lowest BCUT2D eigenvalue weighted by Gasteiger charge is -2.07. The van der Waals surface area contributed by atoms with Crippen LogP contribution in [0.15, 0.2) is 39.7 Å². The highest BCUT2D eigenvalue weighted by atomic mass is 79.9. The van der Waals surface area contributed by atoms with Crippen molar-refractivity contribution in [2.24, 2.45) is 0 Å². The molecule has 0 bridgehead atoms. The molecule has 0 heterocycles. The van der Waals surface area contributed by atoms with E-state index in [1.54, 1.807) is 0 Å². The molecule has 0 atom stereocenters. The maximum atomic E-state index is 13.7. The van der Waals surface area contributed by atoms with E-state index in [2.05, 4.69) is 15.9 Å². The Labute approximate surface area is 120 Å². The van der Waals surface area contributed by atoms with E-state index in [0.29, 0.717) is 0 Å². The Morgan fingerprint density at radius 3 is 2.37 bits per heavy atom. The average Bonchev–Trinajstić information content (AvgIpc) is 2.38. The van der Waals surface area contributed by atoms with Crippen LogP contribution < -0.4 is 0 Å². The Hall–Kier alpha value is -1.01. The monoisotopic (exact) mass is 350 g/mol. The van der Waals surface area contributed by atoms with Crippen LogP contribution in [-0.4, -0.2) is 0 Å². The summed E-state index contributed by atoms with van der Waals surface area (Å²) in [6.45, 7) is 0. The van der Waals surface area contributed by atoms with Gasteiger partial charge in [0.15, 0.2) is 0 Å².